The average molecular weight is 275 g/mol. The molecular weight excluding hydrogens is 268 g/mol. The van der Waals surface area contributed by atoms with Gasteiger partial charge in [0.15, 0.2) is 0 Å². The van der Waals surface area contributed by atoms with Gasteiger partial charge in [-0.25, -0.2) is 0 Å². The third kappa shape index (κ3) is 2.27. The number of aliphatic hydroxyl groups excluding tert-OH is 1. The molecule has 0 aliphatic heterocycles. The highest BCUT2D eigenvalue weighted by atomic mass is 35.5. The maximum Gasteiger partial charge on any atom is 0.0927 e. The van der Waals surface area contributed by atoms with Crippen LogP contribution in [0, 0.1) is 0 Å². The van der Waals surface area contributed by atoms with Crippen LogP contribution in [0.5, 0.6) is 0 Å². The number of hydrogen-bond acceptors (Lipinski definition) is 2. The van der Waals surface area contributed by atoms with Crippen LogP contribution in [-0.2, 0) is 0 Å². The molecule has 3 N–H and O–H groups in total. The zero-order valence-electron chi connectivity index (χ0n) is 6.90. The molecule has 0 aliphatic carbocycles. The Bertz CT molecular complexity index is 356. The van der Waals surface area contributed by atoms with Gasteiger partial charge in [0, 0.05) is 12.1 Å². The first-order valence-corrected chi connectivity index (χ1v) is 5.21. The third-order valence-electron chi connectivity index (χ3n) is 1.71. The highest BCUT2D eigenvalue weighted by Crippen LogP contribution is 2.40. The summed E-state index contributed by atoms with van der Waals surface area (Å²) >= 11 is 23.1. The number of rotatable bonds is 2. The fourth-order valence-corrected chi connectivity index (χ4v) is 1.90. The highest BCUT2D eigenvalue weighted by Gasteiger charge is 2.17. The summed E-state index contributed by atoms with van der Waals surface area (Å²) in [6, 6.07) is 1.45. The molecule has 0 unspecified atom stereocenters. The van der Waals surface area contributed by atoms with Gasteiger partial charge >= 0.3 is 0 Å². The number of aliphatic hydroxyl groups is 1. The van der Waals surface area contributed by atoms with Crippen molar-refractivity contribution < 1.29 is 5.11 Å². The normalized spacial score (nSPS) is 13.0. The summed E-state index contributed by atoms with van der Waals surface area (Å²) in [6.07, 6.45) is -0.894. The molecule has 0 radical (unpaired) electrons. The van der Waals surface area contributed by atoms with E-state index in [1.54, 1.807) is 0 Å². The summed E-state index contributed by atoms with van der Waals surface area (Å²) in [6.45, 7) is 0.0357. The SMILES string of the molecule is NC[C@H](O)c1cc(Cl)c(Cl)c(Cl)c1Cl. The second-order valence-electron chi connectivity index (χ2n) is 2.64. The summed E-state index contributed by atoms with van der Waals surface area (Å²) in [5.74, 6) is 0. The van der Waals surface area contributed by atoms with Gasteiger partial charge < -0.3 is 10.8 Å². The third-order valence-corrected chi connectivity index (χ3v) is 3.48. The maximum absolute atomic E-state index is 9.48. The lowest BCUT2D eigenvalue weighted by atomic mass is 10.1. The van der Waals surface area contributed by atoms with Gasteiger partial charge in [-0.3, -0.25) is 0 Å². The molecule has 1 rings (SSSR count). The Labute approximate surface area is 102 Å². The van der Waals surface area contributed by atoms with Crippen molar-refractivity contribution in [3.63, 3.8) is 0 Å². The van der Waals surface area contributed by atoms with Crippen LogP contribution in [0.2, 0.25) is 20.1 Å². The van der Waals surface area contributed by atoms with Gasteiger partial charge in [0.25, 0.3) is 0 Å². The van der Waals surface area contributed by atoms with Gasteiger partial charge in [-0.05, 0) is 6.07 Å². The molecule has 0 aromatic heterocycles. The van der Waals surface area contributed by atoms with E-state index in [1.807, 2.05) is 0 Å². The van der Waals surface area contributed by atoms with E-state index in [0.29, 0.717) is 5.56 Å². The van der Waals surface area contributed by atoms with Crippen LogP contribution >= 0.6 is 46.4 Å². The Hall–Kier alpha value is 0.300. The van der Waals surface area contributed by atoms with Gasteiger partial charge in [0.1, 0.15) is 0 Å². The molecule has 0 saturated carbocycles. The Morgan fingerprint density at radius 3 is 2.21 bits per heavy atom. The van der Waals surface area contributed by atoms with Crippen LogP contribution in [0.4, 0.5) is 0 Å². The summed E-state index contributed by atoms with van der Waals surface area (Å²) < 4.78 is 0. The van der Waals surface area contributed by atoms with Crippen molar-refractivity contribution >= 4 is 46.4 Å². The minimum Gasteiger partial charge on any atom is -0.387 e. The molecule has 1 aromatic carbocycles. The molecule has 0 heterocycles. The molecule has 78 valence electrons. The van der Waals surface area contributed by atoms with Crippen molar-refractivity contribution in [3.8, 4) is 0 Å². The molecule has 0 fully saturated rings. The molecule has 6 heteroatoms. The van der Waals surface area contributed by atoms with Crippen LogP contribution in [0.15, 0.2) is 6.07 Å². The molecule has 1 atom stereocenters. The Morgan fingerprint density at radius 1 is 1.14 bits per heavy atom. The second kappa shape index (κ2) is 4.88. The van der Waals surface area contributed by atoms with Gasteiger partial charge in [0.2, 0.25) is 0 Å². The summed E-state index contributed by atoms with van der Waals surface area (Å²) in [4.78, 5) is 0. The number of halogens is 4. The summed E-state index contributed by atoms with van der Waals surface area (Å²) in [5.41, 5.74) is 5.67. The Kier molecular flexibility index (Phi) is 4.31. The minimum absolute atomic E-state index is 0.0357. The average Bonchev–Trinajstić information content (AvgIpc) is 2.19. The van der Waals surface area contributed by atoms with Crippen molar-refractivity contribution in [1.82, 2.24) is 0 Å². The number of hydrogen-bond donors (Lipinski definition) is 2. The first-order valence-electron chi connectivity index (χ1n) is 3.70. The molecule has 0 amide bonds. The predicted octanol–water partition coefficient (Wildman–Crippen LogP) is 3.29. The van der Waals surface area contributed by atoms with Crippen LogP contribution in [0.3, 0.4) is 0 Å². The second-order valence-corrected chi connectivity index (χ2v) is 4.18. The number of nitrogens with two attached hydrogens (primary N) is 1. The van der Waals surface area contributed by atoms with Gasteiger partial charge in [-0.15, -0.1) is 0 Å². The van der Waals surface area contributed by atoms with E-state index in [9.17, 15) is 5.11 Å². The molecule has 2 nitrogen and oxygen atoms in total. The van der Waals surface area contributed by atoms with Crippen LogP contribution in [0.25, 0.3) is 0 Å². The van der Waals surface area contributed by atoms with Gasteiger partial charge in [-0.2, -0.15) is 0 Å². The van der Waals surface area contributed by atoms with E-state index in [1.165, 1.54) is 6.07 Å². The lowest BCUT2D eigenvalue weighted by Crippen LogP contribution is -2.12. The standard InChI is InChI=1S/C8H7Cl4NO/c9-4-1-3(5(14)2-13)6(10)8(12)7(4)11/h1,5,14H,2,13H2/t5-/m0/s1. The lowest BCUT2D eigenvalue weighted by Gasteiger charge is -2.13. The van der Waals surface area contributed by atoms with E-state index in [2.05, 4.69) is 0 Å². The zero-order chi connectivity index (χ0) is 10.9. The molecule has 0 saturated heterocycles. The van der Waals surface area contributed by atoms with E-state index in [-0.39, 0.29) is 26.6 Å². The first kappa shape index (κ1) is 12.4. The topological polar surface area (TPSA) is 46.2 Å². The maximum atomic E-state index is 9.48. The van der Waals surface area contributed by atoms with Gasteiger partial charge in [-0.1, -0.05) is 46.4 Å². The van der Waals surface area contributed by atoms with Crippen molar-refractivity contribution in [2.45, 2.75) is 6.10 Å². The molecule has 1 aromatic rings. The molecule has 0 aliphatic rings. The molecule has 0 spiro atoms. The quantitative estimate of drug-likeness (QED) is 0.642. The van der Waals surface area contributed by atoms with Crippen molar-refractivity contribution in [3.05, 3.63) is 31.7 Å². The van der Waals surface area contributed by atoms with Crippen molar-refractivity contribution in [1.29, 1.82) is 0 Å². The van der Waals surface area contributed by atoms with E-state index in [4.69, 9.17) is 52.1 Å². The molecule has 0 bridgehead atoms. The van der Waals surface area contributed by atoms with E-state index >= 15 is 0 Å². The largest absolute Gasteiger partial charge is 0.387 e. The molecule has 14 heavy (non-hydrogen) atoms. The summed E-state index contributed by atoms with van der Waals surface area (Å²) in [5, 5.41) is 10.2. The fraction of sp³-hybridized carbons (Fsp3) is 0.250. The van der Waals surface area contributed by atoms with Crippen molar-refractivity contribution in [2.24, 2.45) is 5.73 Å². The smallest absolute Gasteiger partial charge is 0.0927 e. The number of benzene rings is 1. The minimum atomic E-state index is -0.894. The van der Waals surface area contributed by atoms with Crippen LogP contribution in [-0.4, -0.2) is 11.7 Å². The summed E-state index contributed by atoms with van der Waals surface area (Å²) in [7, 11) is 0. The molecular formula is C8H7Cl4NO. The van der Waals surface area contributed by atoms with Crippen LogP contribution in [0.1, 0.15) is 11.7 Å². The van der Waals surface area contributed by atoms with Crippen LogP contribution < -0.4 is 5.73 Å². The van der Waals surface area contributed by atoms with E-state index in [0.717, 1.165) is 0 Å². The highest BCUT2D eigenvalue weighted by molar-refractivity contribution is 6.52. The monoisotopic (exact) mass is 273 g/mol. The predicted molar refractivity (Wildman–Crippen MR) is 60.5 cm³/mol. The zero-order valence-corrected chi connectivity index (χ0v) is 9.92. The van der Waals surface area contributed by atoms with Crippen molar-refractivity contribution in [2.75, 3.05) is 6.54 Å². The fourth-order valence-electron chi connectivity index (χ4n) is 0.961. The Morgan fingerprint density at radius 2 is 1.71 bits per heavy atom. The van der Waals surface area contributed by atoms with Gasteiger partial charge in [0.05, 0.1) is 26.2 Å². The van der Waals surface area contributed by atoms with E-state index < -0.39 is 6.10 Å². The lowest BCUT2D eigenvalue weighted by molar-refractivity contribution is 0.187. The first-order chi connectivity index (χ1) is 6.49. The Balaban J connectivity index is 3.33.